The molecule has 2 aromatic rings. The first kappa shape index (κ1) is 11.7. The van der Waals surface area contributed by atoms with Crippen LogP contribution in [0, 0.1) is 11.3 Å². The van der Waals surface area contributed by atoms with Gasteiger partial charge in [-0.3, -0.25) is 0 Å². The van der Waals surface area contributed by atoms with E-state index in [0.717, 1.165) is 28.4 Å². The van der Waals surface area contributed by atoms with E-state index in [0.29, 0.717) is 5.69 Å². The Balaban J connectivity index is 2.47. The zero-order chi connectivity index (χ0) is 12.1. The molecule has 0 N–H and O–H groups in total. The molecule has 0 amide bonds. The summed E-state index contributed by atoms with van der Waals surface area (Å²) in [5, 5.41) is 9.08. The quantitative estimate of drug-likeness (QED) is 0.769. The van der Waals surface area contributed by atoms with Crippen LogP contribution in [0.25, 0.3) is 11.3 Å². The molecule has 0 unspecified atom stereocenters. The molecule has 0 radical (unpaired) electrons. The Morgan fingerprint density at radius 3 is 3.00 bits per heavy atom. The van der Waals surface area contributed by atoms with Crippen LogP contribution in [-0.2, 0) is 0 Å². The molecule has 17 heavy (non-hydrogen) atoms. The number of nitriles is 1. The first-order chi connectivity index (χ1) is 8.36. The van der Waals surface area contributed by atoms with Gasteiger partial charge in [-0.25, -0.2) is 4.98 Å². The van der Waals surface area contributed by atoms with Crippen molar-refractivity contribution in [3.8, 4) is 17.4 Å². The predicted molar refractivity (Wildman–Crippen MR) is 67.7 cm³/mol. The Kier molecular flexibility index (Phi) is 3.84. The highest BCUT2D eigenvalue weighted by molar-refractivity contribution is 7.99. The van der Waals surface area contributed by atoms with Crippen molar-refractivity contribution in [1.29, 1.82) is 5.26 Å². The van der Waals surface area contributed by atoms with Crippen LogP contribution in [0.3, 0.4) is 0 Å². The molecule has 2 aromatic heterocycles. The molecule has 0 aliphatic heterocycles. The van der Waals surface area contributed by atoms with Crippen molar-refractivity contribution in [3.05, 3.63) is 36.4 Å². The minimum atomic E-state index is 0.470. The van der Waals surface area contributed by atoms with Crippen LogP contribution in [0.2, 0.25) is 0 Å². The minimum absolute atomic E-state index is 0.470. The van der Waals surface area contributed by atoms with E-state index in [1.165, 1.54) is 0 Å². The van der Waals surface area contributed by atoms with E-state index < -0.39 is 0 Å². The van der Waals surface area contributed by atoms with Gasteiger partial charge in [0.1, 0.15) is 11.8 Å². The van der Waals surface area contributed by atoms with Gasteiger partial charge in [0, 0.05) is 11.8 Å². The van der Waals surface area contributed by atoms with Crippen molar-refractivity contribution in [3.63, 3.8) is 0 Å². The van der Waals surface area contributed by atoms with Gasteiger partial charge >= 0.3 is 0 Å². The Morgan fingerprint density at radius 1 is 1.47 bits per heavy atom. The van der Waals surface area contributed by atoms with Gasteiger partial charge < -0.3 is 4.42 Å². The standard InChI is InChI=1S/C13H12N2OS/c1-2-8-17-13-10(12-4-3-7-16-12)5-6-15-11(13)9-14/h3-7H,2,8H2,1H3. The molecule has 0 saturated carbocycles. The molecule has 2 heterocycles. The van der Waals surface area contributed by atoms with Gasteiger partial charge in [-0.05, 0) is 30.4 Å². The molecule has 86 valence electrons. The van der Waals surface area contributed by atoms with Gasteiger partial charge in [-0.1, -0.05) is 6.92 Å². The number of rotatable bonds is 4. The van der Waals surface area contributed by atoms with Crippen LogP contribution in [0.15, 0.2) is 40.0 Å². The average molecular weight is 244 g/mol. The van der Waals surface area contributed by atoms with E-state index >= 15 is 0 Å². The van der Waals surface area contributed by atoms with Gasteiger partial charge in [0.15, 0.2) is 5.69 Å². The molecule has 0 aromatic carbocycles. The van der Waals surface area contributed by atoms with Crippen LogP contribution in [0.5, 0.6) is 0 Å². The SMILES string of the molecule is CCCSc1c(-c2ccco2)ccnc1C#N. The highest BCUT2D eigenvalue weighted by Gasteiger charge is 2.13. The number of furan rings is 1. The molecular formula is C13H12N2OS. The summed E-state index contributed by atoms with van der Waals surface area (Å²) in [6.07, 6.45) is 4.34. The third-order valence-corrected chi connectivity index (χ3v) is 3.56. The third kappa shape index (κ3) is 2.51. The summed E-state index contributed by atoms with van der Waals surface area (Å²) in [6, 6.07) is 7.76. The van der Waals surface area contributed by atoms with Gasteiger partial charge in [-0.15, -0.1) is 11.8 Å². The summed E-state index contributed by atoms with van der Waals surface area (Å²) in [5.41, 5.74) is 1.41. The average Bonchev–Trinajstić information content (AvgIpc) is 2.89. The predicted octanol–water partition coefficient (Wildman–Crippen LogP) is 3.72. The minimum Gasteiger partial charge on any atom is -0.464 e. The lowest BCUT2D eigenvalue weighted by Gasteiger charge is -2.07. The summed E-state index contributed by atoms with van der Waals surface area (Å²) in [6.45, 7) is 2.11. The van der Waals surface area contributed by atoms with Crippen LogP contribution < -0.4 is 0 Å². The Morgan fingerprint density at radius 2 is 2.35 bits per heavy atom. The second-order valence-corrected chi connectivity index (χ2v) is 4.58. The van der Waals surface area contributed by atoms with Crippen LogP contribution in [0.1, 0.15) is 19.0 Å². The maximum atomic E-state index is 9.08. The Labute approximate surface area is 104 Å². The van der Waals surface area contributed by atoms with Crippen molar-refractivity contribution in [2.45, 2.75) is 18.2 Å². The lowest BCUT2D eigenvalue weighted by Crippen LogP contribution is -1.91. The fourth-order valence-electron chi connectivity index (χ4n) is 1.50. The molecule has 3 nitrogen and oxygen atoms in total. The molecule has 0 saturated heterocycles. The Bertz CT molecular complexity index is 529. The molecule has 4 heteroatoms. The van der Waals surface area contributed by atoms with E-state index in [2.05, 4.69) is 18.0 Å². The number of thioether (sulfide) groups is 1. The highest BCUT2D eigenvalue weighted by Crippen LogP contribution is 2.33. The van der Waals surface area contributed by atoms with E-state index in [1.54, 1.807) is 24.2 Å². The van der Waals surface area contributed by atoms with Crippen molar-refractivity contribution in [1.82, 2.24) is 4.98 Å². The zero-order valence-corrected chi connectivity index (χ0v) is 10.3. The number of pyridine rings is 1. The lowest BCUT2D eigenvalue weighted by molar-refractivity contribution is 0.581. The van der Waals surface area contributed by atoms with E-state index in [4.69, 9.17) is 9.68 Å². The van der Waals surface area contributed by atoms with E-state index in [-0.39, 0.29) is 0 Å². The van der Waals surface area contributed by atoms with Crippen molar-refractivity contribution in [2.75, 3.05) is 5.75 Å². The van der Waals surface area contributed by atoms with Gasteiger partial charge in [0.25, 0.3) is 0 Å². The summed E-state index contributed by atoms with van der Waals surface area (Å²) in [7, 11) is 0. The van der Waals surface area contributed by atoms with Gasteiger partial charge in [-0.2, -0.15) is 5.26 Å². The smallest absolute Gasteiger partial charge is 0.154 e. The normalized spacial score (nSPS) is 10.1. The lowest BCUT2D eigenvalue weighted by atomic mass is 10.2. The summed E-state index contributed by atoms with van der Waals surface area (Å²) >= 11 is 1.65. The molecule has 0 aliphatic carbocycles. The molecule has 0 spiro atoms. The van der Waals surface area contributed by atoms with Crippen LogP contribution in [-0.4, -0.2) is 10.7 Å². The fourth-order valence-corrected chi connectivity index (χ4v) is 2.47. The van der Waals surface area contributed by atoms with E-state index in [1.807, 2.05) is 18.2 Å². The van der Waals surface area contributed by atoms with Crippen molar-refractivity contribution >= 4 is 11.8 Å². The summed E-state index contributed by atoms with van der Waals surface area (Å²) in [5.74, 6) is 1.75. The van der Waals surface area contributed by atoms with E-state index in [9.17, 15) is 0 Å². The molecule has 0 atom stereocenters. The number of hydrogen-bond acceptors (Lipinski definition) is 4. The second-order valence-electron chi connectivity index (χ2n) is 3.47. The molecular weight excluding hydrogens is 232 g/mol. The maximum absolute atomic E-state index is 9.08. The van der Waals surface area contributed by atoms with Crippen molar-refractivity contribution < 1.29 is 4.42 Å². The first-order valence-electron chi connectivity index (χ1n) is 5.42. The summed E-state index contributed by atoms with van der Waals surface area (Å²) in [4.78, 5) is 5.01. The highest BCUT2D eigenvalue weighted by atomic mass is 32.2. The molecule has 0 aliphatic rings. The molecule has 0 bridgehead atoms. The molecule has 0 fully saturated rings. The monoisotopic (exact) mass is 244 g/mol. The third-order valence-electron chi connectivity index (χ3n) is 2.25. The van der Waals surface area contributed by atoms with Crippen molar-refractivity contribution in [2.24, 2.45) is 0 Å². The fraction of sp³-hybridized carbons (Fsp3) is 0.231. The number of nitrogens with zero attached hydrogens (tertiary/aromatic N) is 2. The first-order valence-corrected chi connectivity index (χ1v) is 6.41. The van der Waals surface area contributed by atoms with Crippen LogP contribution >= 0.6 is 11.8 Å². The zero-order valence-electron chi connectivity index (χ0n) is 9.51. The second kappa shape index (κ2) is 5.55. The van der Waals surface area contributed by atoms with Crippen LogP contribution in [0.4, 0.5) is 0 Å². The largest absolute Gasteiger partial charge is 0.464 e. The molecule has 2 rings (SSSR count). The van der Waals surface area contributed by atoms with Gasteiger partial charge in [0.2, 0.25) is 0 Å². The summed E-state index contributed by atoms with van der Waals surface area (Å²) < 4.78 is 5.39. The Hall–Kier alpha value is -1.73. The topological polar surface area (TPSA) is 49.8 Å². The van der Waals surface area contributed by atoms with Gasteiger partial charge in [0.05, 0.1) is 11.2 Å². The number of aromatic nitrogens is 1. The number of hydrogen-bond donors (Lipinski definition) is 0. The maximum Gasteiger partial charge on any atom is 0.154 e.